The van der Waals surface area contributed by atoms with Gasteiger partial charge in [-0.2, -0.15) is 8.78 Å². The van der Waals surface area contributed by atoms with Crippen LogP contribution >= 0.6 is 0 Å². The van der Waals surface area contributed by atoms with E-state index in [1.54, 1.807) is 0 Å². The Hall–Kier alpha value is -2.14. The average Bonchev–Trinajstić information content (AvgIpc) is 2.28. The number of benzene rings is 1. The molecule has 0 aliphatic heterocycles. The van der Waals surface area contributed by atoms with Crippen LogP contribution in [0.25, 0.3) is 10.4 Å². The van der Waals surface area contributed by atoms with Gasteiger partial charge in [0.25, 0.3) is 0 Å². The van der Waals surface area contributed by atoms with E-state index < -0.39 is 11.8 Å². The van der Waals surface area contributed by atoms with Crippen LogP contribution < -0.4 is 4.74 Å². The molecule has 0 aromatic heterocycles. The van der Waals surface area contributed by atoms with Crippen molar-refractivity contribution in [1.29, 1.82) is 0 Å². The molecule has 0 saturated heterocycles. The minimum absolute atomic E-state index is 0.252. The van der Waals surface area contributed by atoms with Crippen molar-refractivity contribution >= 4 is 5.78 Å². The van der Waals surface area contributed by atoms with E-state index in [-0.39, 0.29) is 5.56 Å². The summed E-state index contributed by atoms with van der Waals surface area (Å²) in [5.74, 6) is -1.11. The van der Waals surface area contributed by atoms with E-state index in [1.807, 2.05) is 4.91 Å². The third kappa shape index (κ3) is 2.46. The molecular formula is C9H7F2N3O2. The SMILES string of the molecule is COc1ccc(C(=O)C(F)(F)N=[N+]=[N-])cc1. The van der Waals surface area contributed by atoms with E-state index in [0.717, 1.165) is 0 Å². The van der Waals surface area contributed by atoms with Crippen LogP contribution in [0.1, 0.15) is 10.4 Å². The fraction of sp³-hybridized carbons (Fsp3) is 0.222. The van der Waals surface area contributed by atoms with Crippen LogP contribution in [-0.4, -0.2) is 18.9 Å². The van der Waals surface area contributed by atoms with Crippen LogP contribution in [0.5, 0.6) is 5.75 Å². The lowest BCUT2D eigenvalue weighted by Crippen LogP contribution is -2.25. The molecule has 16 heavy (non-hydrogen) atoms. The lowest BCUT2D eigenvalue weighted by atomic mass is 10.1. The summed E-state index contributed by atoms with van der Waals surface area (Å²) >= 11 is 0. The van der Waals surface area contributed by atoms with Crippen LogP contribution in [-0.2, 0) is 0 Å². The first-order chi connectivity index (χ1) is 7.51. The predicted molar refractivity (Wildman–Crippen MR) is 51.4 cm³/mol. The number of azide groups is 1. The van der Waals surface area contributed by atoms with Gasteiger partial charge in [0.15, 0.2) is 0 Å². The van der Waals surface area contributed by atoms with Crippen molar-refractivity contribution in [3.05, 3.63) is 40.3 Å². The van der Waals surface area contributed by atoms with Gasteiger partial charge in [-0.1, -0.05) is 0 Å². The zero-order valence-electron chi connectivity index (χ0n) is 8.22. The first-order valence-corrected chi connectivity index (χ1v) is 4.14. The molecule has 0 heterocycles. The number of hydrogen-bond acceptors (Lipinski definition) is 3. The van der Waals surface area contributed by atoms with Gasteiger partial charge in [0.2, 0.25) is 5.78 Å². The van der Waals surface area contributed by atoms with Gasteiger partial charge in [-0.05, 0) is 34.9 Å². The van der Waals surface area contributed by atoms with Crippen molar-refractivity contribution in [3.8, 4) is 5.75 Å². The molecule has 0 amide bonds. The van der Waals surface area contributed by atoms with Gasteiger partial charge in [0, 0.05) is 10.5 Å². The third-order valence-corrected chi connectivity index (χ3v) is 1.80. The Morgan fingerprint density at radius 1 is 1.44 bits per heavy atom. The topological polar surface area (TPSA) is 75.1 Å². The van der Waals surface area contributed by atoms with Gasteiger partial charge in [0.1, 0.15) is 5.75 Å². The monoisotopic (exact) mass is 227 g/mol. The van der Waals surface area contributed by atoms with Crippen molar-refractivity contribution in [1.82, 2.24) is 0 Å². The van der Waals surface area contributed by atoms with Crippen LogP contribution in [0.15, 0.2) is 29.4 Å². The number of ketones is 1. The summed E-state index contributed by atoms with van der Waals surface area (Å²) in [4.78, 5) is 13.1. The molecule has 0 N–H and O–H groups in total. The van der Waals surface area contributed by atoms with Crippen molar-refractivity contribution in [2.75, 3.05) is 7.11 Å². The Kier molecular flexibility index (Phi) is 3.42. The highest BCUT2D eigenvalue weighted by atomic mass is 19.3. The number of hydrogen-bond donors (Lipinski definition) is 0. The third-order valence-electron chi connectivity index (χ3n) is 1.80. The van der Waals surface area contributed by atoms with Crippen molar-refractivity contribution in [2.24, 2.45) is 5.11 Å². The van der Waals surface area contributed by atoms with Crippen LogP contribution in [0.4, 0.5) is 8.78 Å². The van der Waals surface area contributed by atoms with Crippen LogP contribution in [0, 0.1) is 0 Å². The summed E-state index contributed by atoms with van der Waals surface area (Å²) in [5.41, 5.74) is 7.63. The fourth-order valence-corrected chi connectivity index (χ4v) is 1.02. The molecule has 0 bridgehead atoms. The number of Topliss-reactive ketones (excluding diaryl/α,β-unsaturated/α-hetero) is 1. The lowest BCUT2D eigenvalue weighted by Gasteiger charge is -2.08. The second kappa shape index (κ2) is 4.59. The second-order valence-electron chi connectivity index (χ2n) is 2.79. The lowest BCUT2D eigenvalue weighted by molar-refractivity contribution is 0.0148. The number of carbonyl (C=O) groups excluding carboxylic acids is 1. The molecule has 1 aromatic rings. The van der Waals surface area contributed by atoms with E-state index in [2.05, 4.69) is 5.11 Å². The van der Waals surface area contributed by atoms with Gasteiger partial charge in [-0.15, -0.1) is 0 Å². The van der Waals surface area contributed by atoms with E-state index in [4.69, 9.17) is 10.3 Å². The maximum absolute atomic E-state index is 12.9. The Morgan fingerprint density at radius 3 is 2.44 bits per heavy atom. The Balaban J connectivity index is 3.00. The van der Waals surface area contributed by atoms with Gasteiger partial charge in [0.05, 0.1) is 7.11 Å². The molecule has 1 rings (SSSR count). The highest BCUT2D eigenvalue weighted by Crippen LogP contribution is 2.23. The molecule has 0 atom stereocenters. The van der Waals surface area contributed by atoms with Gasteiger partial charge in [-0.3, -0.25) is 4.79 Å². The van der Waals surface area contributed by atoms with E-state index in [1.165, 1.54) is 31.4 Å². The molecule has 0 radical (unpaired) electrons. The summed E-state index contributed by atoms with van der Waals surface area (Å²) in [6, 6.07) is 0.992. The summed E-state index contributed by atoms with van der Waals surface area (Å²) in [7, 11) is 1.41. The highest BCUT2D eigenvalue weighted by Gasteiger charge is 2.38. The summed E-state index contributed by atoms with van der Waals surface area (Å²) in [6.07, 6.45) is 0. The number of alkyl halides is 2. The quantitative estimate of drug-likeness (QED) is 0.261. The molecule has 0 saturated carbocycles. The maximum atomic E-state index is 12.9. The van der Waals surface area contributed by atoms with E-state index in [9.17, 15) is 13.6 Å². The minimum Gasteiger partial charge on any atom is -0.497 e. The Bertz CT molecular complexity index is 439. The van der Waals surface area contributed by atoms with E-state index in [0.29, 0.717) is 5.75 Å². The Morgan fingerprint density at radius 2 is 2.00 bits per heavy atom. The number of halogens is 2. The number of nitrogens with zero attached hydrogens (tertiary/aromatic N) is 3. The zero-order chi connectivity index (χ0) is 12.2. The largest absolute Gasteiger partial charge is 0.497 e. The second-order valence-corrected chi connectivity index (χ2v) is 2.79. The Labute approximate surface area is 89.3 Å². The minimum atomic E-state index is -4.07. The molecule has 0 aliphatic carbocycles. The standard InChI is InChI=1S/C9H7F2N3O2/c1-16-7-4-2-6(3-5-7)8(15)9(10,11)13-14-12/h2-5H,1H3. The van der Waals surface area contributed by atoms with Gasteiger partial charge >= 0.3 is 6.05 Å². The number of rotatable bonds is 4. The van der Waals surface area contributed by atoms with Crippen molar-refractivity contribution < 1.29 is 18.3 Å². The smallest absolute Gasteiger partial charge is 0.387 e. The molecular weight excluding hydrogens is 220 g/mol. The molecule has 0 spiro atoms. The van der Waals surface area contributed by atoms with E-state index >= 15 is 0 Å². The summed E-state index contributed by atoms with van der Waals surface area (Å²) in [6.45, 7) is 0. The summed E-state index contributed by atoms with van der Waals surface area (Å²) in [5, 5.41) is 2.14. The summed E-state index contributed by atoms with van der Waals surface area (Å²) < 4.78 is 30.6. The zero-order valence-corrected chi connectivity index (χ0v) is 8.22. The molecule has 1 aromatic carbocycles. The molecule has 0 unspecified atom stereocenters. The van der Waals surface area contributed by atoms with Gasteiger partial charge < -0.3 is 4.74 Å². The number of ether oxygens (including phenoxy) is 1. The number of methoxy groups -OCH3 is 1. The first-order valence-electron chi connectivity index (χ1n) is 4.14. The van der Waals surface area contributed by atoms with Gasteiger partial charge in [-0.25, -0.2) is 0 Å². The van der Waals surface area contributed by atoms with Crippen molar-refractivity contribution in [3.63, 3.8) is 0 Å². The maximum Gasteiger partial charge on any atom is 0.387 e. The molecule has 5 nitrogen and oxygen atoms in total. The predicted octanol–water partition coefficient (Wildman–Crippen LogP) is 2.78. The average molecular weight is 227 g/mol. The molecule has 7 heteroatoms. The highest BCUT2D eigenvalue weighted by molar-refractivity contribution is 6.01. The first kappa shape index (κ1) is 11.9. The molecule has 84 valence electrons. The van der Waals surface area contributed by atoms with Crippen molar-refractivity contribution in [2.45, 2.75) is 6.05 Å². The number of carbonyl (C=O) groups is 1. The molecule has 0 aliphatic rings. The fourth-order valence-electron chi connectivity index (χ4n) is 1.02. The van der Waals surface area contributed by atoms with Crippen LogP contribution in [0.3, 0.4) is 0 Å². The van der Waals surface area contributed by atoms with Crippen LogP contribution in [0.2, 0.25) is 0 Å². The molecule has 0 fully saturated rings. The normalized spacial score (nSPS) is 10.4.